The molecule has 0 amide bonds. The van der Waals surface area contributed by atoms with E-state index in [0.29, 0.717) is 10.2 Å². The van der Waals surface area contributed by atoms with E-state index in [2.05, 4.69) is 40.1 Å². The molecular weight excluding hydrogens is 310 g/mol. The number of hydrogen-bond donors (Lipinski definition) is 1. The van der Waals surface area contributed by atoms with Crippen LogP contribution in [0.15, 0.2) is 16.7 Å². The third-order valence-electron chi connectivity index (χ3n) is 3.16. The van der Waals surface area contributed by atoms with Crippen LogP contribution >= 0.6 is 15.9 Å². The van der Waals surface area contributed by atoms with E-state index in [4.69, 9.17) is 0 Å². The number of hydrogen-bond acceptors (Lipinski definition) is 4. The molecule has 6 heteroatoms. The van der Waals surface area contributed by atoms with Gasteiger partial charge in [-0.25, -0.2) is 0 Å². The third-order valence-corrected chi connectivity index (χ3v) is 3.59. The van der Waals surface area contributed by atoms with Crippen molar-refractivity contribution in [2.24, 2.45) is 5.92 Å². The van der Waals surface area contributed by atoms with E-state index < -0.39 is 0 Å². The van der Waals surface area contributed by atoms with Gasteiger partial charge in [-0.15, -0.1) is 0 Å². The summed E-state index contributed by atoms with van der Waals surface area (Å²) in [5.41, 5.74) is 0.634. The van der Waals surface area contributed by atoms with Crippen molar-refractivity contribution >= 4 is 21.6 Å². The first-order valence-electron chi connectivity index (χ1n) is 6.41. The van der Waals surface area contributed by atoms with E-state index in [-0.39, 0.29) is 28.5 Å². The van der Waals surface area contributed by atoms with Crippen LogP contribution in [0.4, 0.5) is 5.69 Å². The van der Waals surface area contributed by atoms with Crippen molar-refractivity contribution in [1.29, 1.82) is 0 Å². The molecule has 0 aliphatic heterocycles. The molecule has 1 rings (SSSR count). The summed E-state index contributed by atoms with van der Waals surface area (Å²) in [5, 5.41) is 14.5. The Morgan fingerprint density at radius 1 is 1.47 bits per heavy atom. The smallest absolute Gasteiger partial charge is 0.292 e. The first-order valence-corrected chi connectivity index (χ1v) is 7.21. The average molecular weight is 330 g/mol. The molecule has 0 saturated carbocycles. The van der Waals surface area contributed by atoms with Crippen molar-refractivity contribution in [3.8, 4) is 0 Å². The van der Waals surface area contributed by atoms with Gasteiger partial charge in [-0.2, -0.15) is 0 Å². The van der Waals surface area contributed by atoms with Gasteiger partial charge >= 0.3 is 0 Å². The van der Waals surface area contributed by atoms with Gasteiger partial charge in [0.05, 0.1) is 4.92 Å². The number of rotatable bonds is 6. The molecule has 0 spiro atoms. The van der Waals surface area contributed by atoms with Crippen LogP contribution in [0.1, 0.15) is 39.3 Å². The van der Waals surface area contributed by atoms with E-state index in [1.54, 1.807) is 6.20 Å². The zero-order chi connectivity index (χ0) is 14.6. The molecule has 106 valence electrons. The summed E-state index contributed by atoms with van der Waals surface area (Å²) in [4.78, 5) is 15.1. The lowest BCUT2D eigenvalue weighted by molar-refractivity contribution is -0.386. The summed E-state index contributed by atoms with van der Waals surface area (Å²) in [6.07, 6.45) is 1.62. The molecule has 1 aromatic heterocycles. The molecule has 2 unspecified atom stereocenters. The van der Waals surface area contributed by atoms with Gasteiger partial charge in [0, 0.05) is 28.7 Å². The SMILES string of the molecule is CCNC(C)C(c1ncc(Br)cc1[N+](=O)[O-])C(C)C. The van der Waals surface area contributed by atoms with Crippen molar-refractivity contribution in [3.63, 3.8) is 0 Å². The summed E-state index contributed by atoms with van der Waals surface area (Å²) >= 11 is 3.24. The molecule has 5 nitrogen and oxygen atoms in total. The number of halogens is 1. The molecule has 0 aromatic carbocycles. The third kappa shape index (κ3) is 3.98. The summed E-state index contributed by atoms with van der Waals surface area (Å²) in [6, 6.07) is 1.66. The maximum atomic E-state index is 11.2. The number of nitro groups is 1. The second kappa shape index (κ2) is 6.96. The molecule has 1 N–H and O–H groups in total. The van der Waals surface area contributed by atoms with E-state index >= 15 is 0 Å². The van der Waals surface area contributed by atoms with Crippen LogP contribution < -0.4 is 5.32 Å². The fraction of sp³-hybridized carbons (Fsp3) is 0.615. The normalized spacial score (nSPS) is 14.4. The number of likely N-dealkylation sites (N-methyl/N-ethyl adjacent to an activating group) is 1. The van der Waals surface area contributed by atoms with Gasteiger partial charge < -0.3 is 5.32 Å². The second-order valence-corrected chi connectivity index (χ2v) is 5.85. The highest BCUT2D eigenvalue weighted by Crippen LogP contribution is 2.34. The molecule has 19 heavy (non-hydrogen) atoms. The van der Waals surface area contributed by atoms with Gasteiger partial charge in [0.15, 0.2) is 0 Å². The summed E-state index contributed by atoms with van der Waals surface area (Å²) in [7, 11) is 0. The fourth-order valence-corrected chi connectivity index (χ4v) is 2.74. The lowest BCUT2D eigenvalue weighted by Crippen LogP contribution is -2.35. The highest BCUT2D eigenvalue weighted by molar-refractivity contribution is 9.10. The second-order valence-electron chi connectivity index (χ2n) is 4.93. The molecule has 0 aliphatic rings. The Kier molecular flexibility index (Phi) is 5.87. The van der Waals surface area contributed by atoms with Crippen LogP contribution in [-0.2, 0) is 0 Å². The van der Waals surface area contributed by atoms with Crippen LogP contribution in [0.25, 0.3) is 0 Å². The van der Waals surface area contributed by atoms with Crippen molar-refractivity contribution in [1.82, 2.24) is 10.3 Å². The topological polar surface area (TPSA) is 68.1 Å². The molecule has 1 heterocycles. The van der Waals surface area contributed by atoms with Gasteiger partial charge in [-0.3, -0.25) is 15.1 Å². The van der Waals surface area contributed by atoms with Crippen LogP contribution in [0, 0.1) is 16.0 Å². The van der Waals surface area contributed by atoms with Gasteiger partial charge in [-0.1, -0.05) is 20.8 Å². The lowest BCUT2D eigenvalue weighted by atomic mass is 9.85. The summed E-state index contributed by atoms with van der Waals surface area (Å²) in [5.74, 6) is 0.273. The molecule has 1 aromatic rings. The fourth-order valence-electron chi connectivity index (χ4n) is 2.42. The average Bonchev–Trinajstić information content (AvgIpc) is 2.31. The van der Waals surface area contributed by atoms with E-state index in [1.165, 1.54) is 6.07 Å². The first-order chi connectivity index (χ1) is 8.88. The number of nitrogens with zero attached hydrogens (tertiary/aromatic N) is 2. The minimum atomic E-state index is -0.360. The van der Waals surface area contributed by atoms with Crippen LogP contribution in [-0.4, -0.2) is 22.5 Å². The summed E-state index contributed by atoms with van der Waals surface area (Å²) < 4.78 is 0.626. The zero-order valence-electron chi connectivity index (χ0n) is 11.7. The van der Waals surface area contributed by atoms with Crippen LogP contribution in [0.5, 0.6) is 0 Å². The Morgan fingerprint density at radius 2 is 2.11 bits per heavy atom. The van der Waals surface area contributed by atoms with Crippen molar-refractivity contribution in [3.05, 3.63) is 32.5 Å². The van der Waals surface area contributed by atoms with Crippen LogP contribution in [0.3, 0.4) is 0 Å². The Morgan fingerprint density at radius 3 is 2.58 bits per heavy atom. The minimum Gasteiger partial charge on any atom is -0.314 e. The molecule has 2 atom stereocenters. The van der Waals surface area contributed by atoms with E-state index in [0.717, 1.165) is 6.54 Å². The Labute approximate surface area is 122 Å². The Hall–Kier alpha value is -1.01. The highest BCUT2D eigenvalue weighted by Gasteiger charge is 2.30. The molecular formula is C13H20BrN3O2. The van der Waals surface area contributed by atoms with Crippen LogP contribution in [0.2, 0.25) is 0 Å². The molecule has 0 bridgehead atoms. The predicted molar refractivity (Wildman–Crippen MR) is 79.3 cm³/mol. The standard InChI is InChI=1S/C13H20BrN3O2/c1-5-15-9(4)12(8(2)3)13-11(17(18)19)6-10(14)7-16-13/h6-9,12,15H,5H2,1-4H3. The quantitative estimate of drug-likeness (QED) is 0.640. The van der Waals surface area contributed by atoms with Gasteiger partial charge in [0.2, 0.25) is 0 Å². The van der Waals surface area contributed by atoms with E-state index in [1.807, 2.05) is 13.8 Å². The molecule has 0 radical (unpaired) electrons. The number of nitrogens with one attached hydrogen (secondary N) is 1. The van der Waals surface area contributed by atoms with Gasteiger partial charge in [-0.05, 0) is 35.3 Å². The largest absolute Gasteiger partial charge is 0.314 e. The maximum absolute atomic E-state index is 11.2. The summed E-state index contributed by atoms with van der Waals surface area (Å²) in [6.45, 7) is 9.02. The molecule has 0 aliphatic carbocycles. The monoisotopic (exact) mass is 329 g/mol. The minimum absolute atomic E-state index is 0.00782. The Balaban J connectivity index is 3.26. The first kappa shape index (κ1) is 16.0. The van der Waals surface area contributed by atoms with Crippen molar-refractivity contribution in [2.45, 2.75) is 39.7 Å². The molecule has 0 fully saturated rings. The maximum Gasteiger partial charge on any atom is 0.292 e. The molecule has 0 saturated heterocycles. The van der Waals surface area contributed by atoms with Gasteiger partial charge in [0.25, 0.3) is 5.69 Å². The van der Waals surface area contributed by atoms with Gasteiger partial charge in [0.1, 0.15) is 5.69 Å². The zero-order valence-corrected chi connectivity index (χ0v) is 13.3. The number of pyridine rings is 1. The lowest BCUT2D eigenvalue weighted by Gasteiger charge is -2.27. The van der Waals surface area contributed by atoms with E-state index in [9.17, 15) is 10.1 Å². The number of aromatic nitrogens is 1. The van der Waals surface area contributed by atoms with Crippen molar-refractivity contribution < 1.29 is 4.92 Å². The Bertz CT molecular complexity index is 452. The predicted octanol–water partition coefficient (Wildman–Crippen LogP) is 3.49. The van der Waals surface area contributed by atoms with Crippen molar-refractivity contribution in [2.75, 3.05) is 6.54 Å². The highest BCUT2D eigenvalue weighted by atomic mass is 79.9.